The van der Waals surface area contributed by atoms with Crippen molar-refractivity contribution in [1.82, 2.24) is 5.32 Å². The van der Waals surface area contributed by atoms with Crippen LogP contribution in [0.25, 0.3) is 0 Å². The Kier molecular flexibility index (Phi) is 7.05. The van der Waals surface area contributed by atoms with Crippen LogP contribution in [0.5, 0.6) is 11.5 Å². The molecule has 0 fully saturated rings. The first-order valence-corrected chi connectivity index (χ1v) is 11.7. The number of Topliss-reactive ketones (excluding diaryl/α,β-unsaturated/α-hetero) is 1. The zero-order valence-corrected chi connectivity index (χ0v) is 20.3. The fraction of sp³-hybridized carbons (Fsp3) is 0.321. The van der Waals surface area contributed by atoms with Gasteiger partial charge in [0.05, 0.1) is 19.3 Å². The minimum atomic E-state index is -0.631. The minimum Gasteiger partial charge on any atom is -0.490 e. The SMILES string of the molecule is CCOc1cc([C@H]2C(C(=O)OC)=C(C)NC3=C2C(=O)C[C@H](c2ccccc2)C3)ccc1OC(C)=O. The Morgan fingerprint density at radius 3 is 2.43 bits per heavy atom. The predicted molar refractivity (Wildman–Crippen MR) is 130 cm³/mol. The molecule has 1 N–H and O–H groups in total. The third kappa shape index (κ3) is 4.85. The number of dihydropyridines is 1. The summed E-state index contributed by atoms with van der Waals surface area (Å²) in [6.45, 7) is 5.32. The number of hydrogen-bond donors (Lipinski definition) is 1. The van der Waals surface area contributed by atoms with E-state index in [0.29, 0.717) is 47.6 Å². The Balaban J connectivity index is 1.83. The summed E-state index contributed by atoms with van der Waals surface area (Å²) in [5.41, 5.74) is 4.18. The van der Waals surface area contributed by atoms with Gasteiger partial charge in [-0.3, -0.25) is 9.59 Å². The van der Waals surface area contributed by atoms with Crippen LogP contribution in [0.15, 0.2) is 71.1 Å². The van der Waals surface area contributed by atoms with Gasteiger partial charge in [0.1, 0.15) is 0 Å². The third-order valence-electron chi connectivity index (χ3n) is 6.36. The molecule has 0 saturated carbocycles. The quantitative estimate of drug-likeness (QED) is 0.484. The topological polar surface area (TPSA) is 90.9 Å². The number of ketones is 1. The first-order chi connectivity index (χ1) is 16.8. The van der Waals surface area contributed by atoms with E-state index in [0.717, 1.165) is 11.3 Å². The molecule has 7 heteroatoms. The second kappa shape index (κ2) is 10.2. The number of methoxy groups -OCH3 is 1. The Hall–Kier alpha value is -3.87. The molecule has 2 aliphatic rings. The molecule has 0 saturated heterocycles. The Bertz CT molecular complexity index is 1230. The van der Waals surface area contributed by atoms with Crippen molar-refractivity contribution in [2.45, 2.75) is 45.4 Å². The number of benzene rings is 2. The predicted octanol–water partition coefficient (Wildman–Crippen LogP) is 4.55. The van der Waals surface area contributed by atoms with Crippen LogP contribution in [0, 0.1) is 0 Å². The highest BCUT2D eigenvalue weighted by atomic mass is 16.6. The first kappa shape index (κ1) is 24.3. The van der Waals surface area contributed by atoms with Gasteiger partial charge in [0.25, 0.3) is 0 Å². The molecular formula is C28H29NO6. The summed E-state index contributed by atoms with van der Waals surface area (Å²) >= 11 is 0. The number of hydrogen-bond acceptors (Lipinski definition) is 7. The average molecular weight is 476 g/mol. The molecule has 1 aliphatic carbocycles. The van der Waals surface area contributed by atoms with Gasteiger partial charge in [0.15, 0.2) is 17.3 Å². The standard InChI is InChI=1S/C28H29NO6/c1-5-34-24-15-19(11-12-23(24)35-17(3)30)26-25(28(32)33-4)16(2)29-21-13-20(14-22(31)27(21)26)18-9-7-6-8-10-18/h6-12,15,20,26,29H,5,13-14H2,1-4H3/t20-,26+/m1/s1. The maximum atomic E-state index is 13.6. The van der Waals surface area contributed by atoms with E-state index in [1.165, 1.54) is 14.0 Å². The van der Waals surface area contributed by atoms with Gasteiger partial charge < -0.3 is 19.5 Å². The smallest absolute Gasteiger partial charge is 0.336 e. The maximum absolute atomic E-state index is 13.6. The number of nitrogens with one attached hydrogen (secondary N) is 1. The highest BCUT2D eigenvalue weighted by molar-refractivity contribution is 6.04. The molecule has 2 aromatic rings. The molecule has 0 bridgehead atoms. The van der Waals surface area contributed by atoms with Crippen LogP contribution in [0.4, 0.5) is 0 Å². The van der Waals surface area contributed by atoms with Crippen molar-refractivity contribution >= 4 is 17.7 Å². The van der Waals surface area contributed by atoms with Gasteiger partial charge in [0.2, 0.25) is 0 Å². The Morgan fingerprint density at radius 2 is 1.77 bits per heavy atom. The van der Waals surface area contributed by atoms with Gasteiger partial charge in [-0.2, -0.15) is 0 Å². The van der Waals surface area contributed by atoms with E-state index in [9.17, 15) is 14.4 Å². The van der Waals surface area contributed by atoms with Crippen LogP contribution in [0.3, 0.4) is 0 Å². The summed E-state index contributed by atoms with van der Waals surface area (Å²) < 4.78 is 16.1. The van der Waals surface area contributed by atoms with E-state index in [-0.39, 0.29) is 17.5 Å². The van der Waals surface area contributed by atoms with Crippen molar-refractivity contribution in [2.75, 3.05) is 13.7 Å². The molecule has 182 valence electrons. The lowest BCUT2D eigenvalue weighted by atomic mass is 9.71. The monoisotopic (exact) mass is 475 g/mol. The Morgan fingerprint density at radius 1 is 1.03 bits per heavy atom. The molecule has 4 rings (SSSR count). The second-order valence-electron chi connectivity index (χ2n) is 8.65. The van der Waals surface area contributed by atoms with Crippen molar-refractivity contribution in [2.24, 2.45) is 0 Å². The molecule has 7 nitrogen and oxygen atoms in total. The van der Waals surface area contributed by atoms with Crippen LogP contribution in [0.2, 0.25) is 0 Å². The van der Waals surface area contributed by atoms with Gasteiger partial charge in [-0.05, 0) is 49.4 Å². The van der Waals surface area contributed by atoms with E-state index in [1.807, 2.05) is 44.2 Å². The fourth-order valence-corrected chi connectivity index (χ4v) is 4.93. The van der Waals surface area contributed by atoms with Crippen LogP contribution >= 0.6 is 0 Å². The molecule has 0 spiro atoms. The first-order valence-electron chi connectivity index (χ1n) is 11.7. The molecule has 0 aromatic heterocycles. The molecule has 0 radical (unpaired) electrons. The number of carbonyl (C=O) groups is 3. The summed E-state index contributed by atoms with van der Waals surface area (Å²) in [7, 11) is 1.33. The van der Waals surface area contributed by atoms with Gasteiger partial charge in [0, 0.05) is 36.2 Å². The van der Waals surface area contributed by atoms with Crippen molar-refractivity contribution in [3.8, 4) is 11.5 Å². The van der Waals surface area contributed by atoms with Crippen molar-refractivity contribution < 1.29 is 28.6 Å². The lowest BCUT2D eigenvalue weighted by molar-refractivity contribution is -0.136. The summed E-state index contributed by atoms with van der Waals surface area (Å²) in [6, 6.07) is 15.1. The molecule has 1 heterocycles. The molecule has 0 amide bonds. The van der Waals surface area contributed by atoms with Gasteiger partial charge in [-0.25, -0.2) is 4.79 Å². The maximum Gasteiger partial charge on any atom is 0.336 e. The van der Waals surface area contributed by atoms with Crippen LogP contribution in [-0.2, 0) is 19.1 Å². The van der Waals surface area contributed by atoms with E-state index in [4.69, 9.17) is 14.2 Å². The third-order valence-corrected chi connectivity index (χ3v) is 6.36. The molecule has 2 aromatic carbocycles. The number of carbonyl (C=O) groups excluding carboxylic acids is 3. The summed E-state index contributed by atoms with van der Waals surface area (Å²) in [5.74, 6) is -0.924. The zero-order valence-electron chi connectivity index (χ0n) is 20.3. The van der Waals surface area contributed by atoms with E-state index in [1.54, 1.807) is 18.2 Å². The normalized spacial score (nSPS) is 19.6. The zero-order chi connectivity index (χ0) is 25.1. The van der Waals surface area contributed by atoms with E-state index in [2.05, 4.69) is 5.32 Å². The second-order valence-corrected chi connectivity index (χ2v) is 8.65. The van der Waals surface area contributed by atoms with Crippen molar-refractivity contribution in [3.05, 3.63) is 82.2 Å². The number of ether oxygens (including phenoxy) is 3. The number of rotatable bonds is 6. The lowest BCUT2D eigenvalue weighted by Crippen LogP contribution is -2.36. The van der Waals surface area contributed by atoms with Crippen LogP contribution < -0.4 is 14.8 Å². The lowest BCUT2D eigenvalue weighted by Gasteiger charge is -2.36. The molecular weight excluding hydrogens is 446 g/mol. The fourth-order valence-electron chi connectivity index (χ4n) is 4.93. The molecule has 2 atom stereocenters. The summed E-state index contributed by atoms with van der Waals surface area (Å²) in [5, 5.41) is 3.33. The van der Waals surface area contributed by atoms with Crippen LogP contribution in [-0.4, -0.2) is 31.4 Å². The average Bonchev–Trinajstić information content (AvgIpc) is 2.84. The number of esters is 2. The van der Waals surface area contributed by atoms with Crippen molar-refractivity contribution in [1.29, 1.82) is 0 Å². The van der Waals surface area contributed by atoms with E-state index < -0.39 is 17.9 Å². The van der Waals surface area contributed by atoms with Crippen LogP contribution in [0.1, 0.15) is 56.6 Å². The van der Waals surface area contributed by atoms with E-state index >= 15 is 0 Å². The van der Waals surface area contributed by atoms with Gasteiger partial charge >= 0.3 is 11.9 Å². The molecule has 35 heavy (non-hydrogen) atoms. The van der Waals surface area contributed by atoms with Crippen molar-refractivity contribution in [3.63, 3.8) is 0 Å². The molecule has 1 aliphatic heterocycles. The highest BCUT2D eigenvalue weighted by Crippen LogP contribution is 2.47. The minimum absolute atomic E-state index is 0.0199. The number of allylic oxidation sites excluding steroid dienone is 3. The Labute approximate surface area is 204 Å². The molecule has 0 unspecified atom stereocenters. The van der Waals surface area contributed by atoms with Gasteiger partial charge in [-0.1, -0.05) is 36.4 Å². The summed E-state index contributed by atoms with van der Waals surface area (Å²) in [4.78, 5) is 38.1. The summed E-state index contributed by atoms with van der Waals surface area (Å²) in [6.07, 6.45) is 0.996. The highest BCUT2D eigenvalue weighted by Gasteiger charge is 2.41. The van der Waals surface area contributed by atoms with Gasteiger partial charge in [-0.15, -0.1) is 0 Å². The largest absolute Gasteiger partial charge is 0.490 e.